The number of rotatable bonds is 15. The Kier molecular flexibility index (Phi) is 16.3. The highest BCUT2D eigenvalue weighted by Gasteiger charge is 2.31. The summed E-state index contributed by atoms with van der Waals surface area (Å²) in [5.41, 5.74) is -1.48. The molecule has 14 nitrogen and oxygen atoms in total. The van der Waals surface area contributed by atoms with E-state index in [0.29, 0.717) is 12.8 Å². The highest BCUT2D eigenvalue weighted by atomic mass is 16.6. The van der Waals surface area contributed by atoms with Crippen molar-refractivity contribution in [2.24, 2.45) is 0 Å². The number of hydrogen-bond acceptors (Lipinski definition) is 9. The lowest BCUT2D eigenvalue weighted by atomic mass is 9.99. The Balaban J connectivity index is 2.85. The van der Waals surface area contributed by atoms with Crippen molar-refractivity contribution < 1.29 is 43.3 Å². The Hall–Kier alpha value is -4.23. The van der Waals surface area contributed by atoms with E-state index >= 15 is 0 Å². The van der Waals surface area contributed by atoms with Gasteiger partial charge in [-0.15, -0.1) is 0 Å². The molecule has 0 spiro atoms. The van der Waals surface area contributed by atoms with Gasteiger partial charge in [-0.3, -0.25) is 4.79 Å². The molecule has 2 atom stereocenters. The zero-order chi connectivity index (χ0) is 35.8. The van der Waals surface area contributed by atoms with E-state index < -0.39 is 59.1 Å². The van der Waals surface area contributed by atoms with Crippen molar-refractivity contribution in [2.75, 3.05) is 19.6 Å². The van der Waals surface area contributed by atoms with E-state index in [1.54, 1.807) is 62.3 Å². The summed E-state index contributed by atoms with van der Waals surface area (Å²) in [4.78, 5) is 63.1. The minimum absolute atomic E-state index is 0.0160. The maximum atomic E-state index is 13.2. The Morgan fingerprint density at radius 3 is 1.89 bits per heavy atom. The van der Waals surface area contributed by atoms with Gasteiger partial charge in [-0.1, -0.05) is 30.3 Å². The maximum absolute atomic E-state index is 13.2. The van der Waals surface area contributed by atoms with Crippen LogP contribution in [0.15, 0.2) is 30.3 Å². The van der Waals surface area contributed by atoms with Crippen LogP contribution in [-0.4, -0.2) is 83.6 Å². The molecular formula is C33H54N5O9-. The fourth-order valence-corrected chi connectivity index (χ4v) is 4.48. The molecule has 0 aliphatic rings. The van der Waals surface area contributed by atoms with Gasteiger partial charge in [0.2, 0.25) is 5.91 Å². The first-order valence-corrected chi connectivity index (χ1v) is 15.8. The number of nitrogens with one attached hydrogen (secondary N) is 4. The van der Waals surface area contributed by atoms with Crippen molar-refractivity contribution in [3.05, 3.63) is 35.9 Å². The number of hydrogen-bond donors (Lipinski definition) is 4. The van der Waals surface area contributed by atoms with Crippen LogP contribution in [0.1, 0.15) is 93.6 Å². The minimum atomic E-state index is -1.45. The zero-order valence-corrected chi connectivity index (χ0v) is 29.3. The number of alkyl carbamates (subject to hydrolysis) is 3. The second-order valence-corrected chi connectivity index (χ2v) is 14.2. The first-order valence-electron chi connectivity index (χ1n) is 15.8. The summed E-state index contributed by atoms with van der Waals surface area (Å²) in [7, 11) is 0. The van der Waals surface area contributed by atoms with Crippen LogP contribution in [-0.2, 0) is 25.6 Å². The Morgan fingerprint density at radius 2 is 1.34 bits per heavy atom. The van der Waals surface area contributed by atoms with Crippen molar-refractivity contribution >= 4 is 30.3 Å². The van der Waals surface area contributed by atoms with Crippen molar-refractivity contribution in [1.82, 2.24) is 26.2 Å². The number of nitrogens with zero attached hydrogens (tertiary/aromatic N) is 1. The Morgan fingerprint density at radius 1 is 0.766 bits per heavy atom. The maximum Gasteiger partial charge on any atom is 0.407 e. The number of carboxylic acid groups (broad SMARTS) is 1. The molecule has 0 bridgehead atoms. The van der Waals surface area contributed by atoms with Gasteiger partial charge < -0.3 is 50.3 Å². The van der Waals surface area contributed by atoms with Gasteiger partial charge in [0.15, 0.2) is 0 Å². The van der Waals surface area contributed by atoms with Crippen molar-refractivity contribution in [2.45, 2.75) is 123 Å². The molecule has 0 saturated heterocycles. The molecule has 1 unspecified atom stereocenters. The second kappa shape index (κ2) is 18.8. The molecule has 266 valence electrons. The summed E-state index contributed by atoms with van der Waals surface area (Å²) in [6.07, 6.45) is -2.66. The summed E-state index contributed by atoms with van der Waals surface area (Å²) in [5, 5.41) is 23.0. The first-order chi connectivity index (χ1) is 21.7. The second-order valence-electron chi connectivity index (χ2n) is 14.2. The van der Waals surface area contributed by atoms with Crippen LogP contribution in [0.3, 0.4) is 0 Å². The van der Waals surface area contributed by atoms with Crippen LogP contribution in [0.5, 0.6) is 0 Å². The molecule has 0 saturated carbocycles. The molecule has 1 aromatic carbocycles. The Labute approximate surface area is 278 Å². The number of benzene rings is 1. The van der Waals surface area contributed by atoms with Gasteiger partial charge in [0.25, 0.3) is 0 Å². The zero-order valence-electron chi connectivity index (χ0n) is 29.3. The molecule has 1 aromatic rings. The van der Waals surface area contributed by atoms with Gasteiger partial charge in [-0.2, -0.15) is 0 Å². The normalized spacial score (nSPS) is 13.0. The quantitative estimate of drug-likeness (QED) is 0.160. The summed E-state index contributed by atoms with van der Waals surface area (Å²) in [6.45, 7) is 15.9. The molecule has 0 fully saturated rings. The standard InChI is InChI=1S/C33H55N5O9/c1-31(2,3)38(30(43)44)25(17-19-35-27(40)45-22-23-14-11-10-12-15-23)20-26(39)36-21-24(37-29(42)47-33(7,8)9)16-13-18-34-28(41)46-32(4,5)6/h10-12,14-15,24-25H,13,16-22H2,1-9H3,(H,34,41)(H,35,40)(H,36,39)(H,37,42)(H,43,44)/p-1/t24-,25?/m0/s1. The third-order valence-electron chi connectivity index (χ3n) is 6.33. The highest BCUT2D eigenvalue weighted by Crippen LogP contribution is 2.21. The minimum Gasteiger partial charge on any atom is -0.530 e. The van der Waals surface area contributed by atoms with E-state index in [9.17, 15) is 29.1 Å². The molecule has 14 heteroatoms. The average molecular weight is 665 g/mol. The van der Waals surface area contributed by atoms with Crippen LogP contribution >= 0.6 is 0 Å². The van der Waals surface area contributed by atoms with Crippen molar-refractivity contribution in [1.29, 1.82) is 0 Å². The number of amides is 5. The van der Waals surface area contributed by atoms with E-state index in [4.69, 9.17) is 14.2 Å². The van der Waals surface area contributed by atoms with E-state index in [1.807, 2.05) is 30.3 Å². The highest BCUT2D eigenvalue weighted by molar-refractivity contribution is 5.77. The first kappa shape index (κ1) is 40.8. The summed E-state index contributed by atoms with van der Waals surface area (Å²) in [5.74, 6) is -0.472. The summed E-state index contributed by atoms with van der Waals surface area (Å²) in [6, 6.07) is 7.73. The topological polar surface area (TPSA) is 187 Å². The van der Waals surface area contributed by atoms with Gasteiger partial charge in [-0.25, -0.2) is 14.4 Å². The molecule has 0 aliphatic heterocycles. The van der Waals surface area contributed by atoms with Gasteiger partial charge in [0.05, 0.1) is 0 Å². The lowest BCUT2D eigenvalue weighted by Crippen LogP contribution is -2.58. The summed E-state index contributed by atoms with van der Waals surface area (Å²) < 4.78 is 15.8. The van der Waals surface area contributed by atoms with Gasteiger partial charge in [-0.05, 0) is 87.1 Å². The van der Waals surface area contributed by atoms with Crippen LogP contribution < -0.4 is 26.4 Å². The third kappa shape index (κ3) is 19.1. The van der Waals surface area contributed by atoms with Crippen LogP contribution in [0, 0.1) is 0 Å². The largest absolute Gasteiger partial charge is 0.530 e. The lowest BCUT2D eigenvalue weighted by molar-refractivity contribution is -0.273. The van der Waals surface area contributed by atoms with E-state index in [2.05, 4.69) is 21.3 Å². The fraction of sp³-hybridized carbons (Fsp3) is 0.667. The van der Waals surface area contributed by atoms with Crippen LogP contribution in [0.2, 0.25) is 0 Å². The van der Waals surface area contributed by atoms with Gasteiger partial charge in [0.1, 0.15) is 23.9 Å². The molecule has 0 aliphatic carbocycles. The molecule has 0 aromatic heterocycles. The molecule has 1 rings (SSSR count). The van der Waals surface area contributed by atoms with E-state index in [0.717, 1.165) is 10.5 Å². The van der Waals surface area contributed by atoms with Crippen molar-refractivity contribution in [3.63, 3.8) is 0 Å². The molecule has 4 N–H and O–H groups in total. The Bertz CT molecular complexity index is 1160. The van der Waals surface area contributed by atoms with Crippen LogP contribution in [0.4, 0.5) is 19.2 Å². The number of carbonyl (C=O) groups is 5. The van der Waals surface area contributed by atoms with Crippen LogP contribution in [0.25, 0.3) is 0 Å². The predicted molar refractivity (Wildman–Crippen MR) is 174 cm³/mol. The smallest absolute Gasteiger partial charge is 0.407 e. The van der Waals surface area contributed by atoms with Crippen molar-refractivity contribution in [3.8, 4) is 0 Å². The lowest BCUT2D eigenvalue weighted by Gasteiger charge is -2.43. The SMILES string of the molecule is CC(C)(C)OC(=O)NCCC[C@@H](CNC(=O)CC(CCNC(=O)OCc1ccccc1)N(C(=O)[O-])C(C)(C)C)NC(=O)OC(C)(C)C. The third-order valence-corrected chi connectivity index (χ3v) is 6.33. The molecule has 0 radical (unpaired) electrons. The average Bonchev–Trinajstić information content (AvgIpc) is 2.90. The van der Waals surface area contributed by atoms with E-state index in [1.165, 1.54) is 0 Å². The molecular weight excluding hydrogens is 610 g/mol. The molecule has 5 amide bonds. The predicted octanol–water partition coefficient (Wildman–Crippen LogP) is 3.82. The molecule has 0 heterocycles. The fourth-order valence-electron chi connectivity index (χ4n) is 4.48. The summed E-state index contributed by atoms with van der Waals surface area (Å²) >= 11 is 0. The van der Waals surface area contributed by atoms with Gasteiger partial charge >= 0.3 is 18.3 Å². The van der Waals surface area contributed by atoms with Gasteiger partial charge in [0, 0.05) is 43.7 Å². The number of ether oxygens (including phenoxy) is 3. The molecule has 47 heavy (non-hydrogen) atoms. The monoisotopic (exact) mass is 664 g/mol. The van der Waals surface area contributed by atoms with E-state index in [-0.39, 0.29) is 39.1 Å². The number of carbonyl (C=O) groups excluding carboxylic acids is 5.